The van der Waals surface area contributed by atoms with Gasteiger partial charge in [-0.1, -0.05) is 6.92 Å². The molecule has 0 saturated heterocycles. The Morgan fingerprint density at radius 3 is 2.57 bits per heavy atom. The smallest absolute Gasteiger partial charge is 0.150 e. The lowest BCUT2D eigenvalue weighted by atomic mass is 9.71. The molecule has 4 aliphatic carbocycles. The van der Waals surface area contributed by atoms with Crippen LogP contribution in [0.1, 0.15) is 26.7 Å². The Morgan fingerprint density at radius 2 is 1.93 bits per heavy atom. The maximum atomic E-state index is 12.2. The monoisotopic (exact) mass is 190 g/mol. The topological polar surface area (TPSA) is 34.1 Å². The van der Waals surface area contributed by atoms with Gasteiger partial charge >= 0.3 is 0 Å². The van der Waals surface area contributed by atoms with Gasteiger partial charge in [0.25, 0.3) is 0 Å². The number of fused-ring (bicyclic) bond motifs is 2. The van der Waals surface area contributed by atoms with Crippen molar-refractivity contribution in [3.05, 3.63) is 0 Å². The Bertz CT molecular complexity index is 399. The van der Waals surface area contributed by atoms with E-state index in [1.54, 1.807) is 0 Å². The molecule has 0 radical (unpaired) electrons. The van der Waals surface area contributed by atoms with E-state index in [-0.39, 0.29) is 17.1 Å². The normalized spacial score (nSPS) is 67.6. The number of rotatable bonds is 0. The van der Waals surface area contributed by atoms with Crippen LogP contribution in [0.3, 0.4) is 0 Å². The van der Waals surface area contributed by atoms with Gasteiger partial charge in [0.05, 0.1) is 5.41 Å². The number of hydrogen-bond acceptors (Lipinski definition) is 2. The zero-order valence-corrected chi connectivity index (χ0v) is 8.54. The lowest BCUT2D eigenvalue weighted by molar-refractivity contribution is -0.143. The van der Waals surface area contributed by atoms with E-state index >= 15 is 0 Å². The predicted molar refractivity (Wildman–Crippen MR) is 49.4 cm³/mol. The molecular formula is C12H14O2. The van der Waals surface area contributed by atoms with Gasteiger partial charge in [0.15, 0.2) is 0 Å². The van der Waals surface area contributed by atoms with Crippen LogP contribution in [0.25, 0.3) is 0 Å². The Kier molecular flexibility index (Phi) is 0.878. The summed E-state index contributed by atoms with van der Waals surface area (Å²) in [5, 5.41) is 0. The van der Waals surface area contributed by atoms with E-state index < -0.39 is 5.41 Å². The molecule has 0 aromatic carbocycles. The fourth-order valence-electron chi connectivity index (χ4n) is 5.29. The van der Waals surface area contributed by atoms with Crippen LogP contribution < -0.4 is 0 Å². The summed E-state index contributed by atoms with van der Waals surface area (Å²) in [6.07, 6.45) is 1.90. The molecule has 74 valence electrons. The van der Waals surface area contributed by atoms with Crippen LogP contribution in [-0.4, -0.2) is 11.6 Å². The third-order valence-electron chi connectivity index (χ3n) is 5.71. The van der Waals surface area contributed by atoms with E-state index in [0.29, 0.717) is 24.0 Å². The van der Waals surface area contributed by atoms with Gasteiger partial charge in [-0.2, -0.15) is 0 Å². The second-order valence-electron chi connectivity index (χ2n) is 6.19. The zero-order valence-electron chi connectivity index (χ0n) is 8.54. The lowest BCUT2D eigenvalue weighted by Crippen LogP contribution is -2.42. The van der Waals surface area contributed by atoms with Crippen molar-refractivity contribution in [2.75, 3.05) is 0 Å². The summed E-state index contributed by atoms with van der Waals surface area (Å²) in [4.78, 5) is 24.1. The first-order valence-corrected chi connectivity index (χ1v) is 5.59. The lowest BCUT2D eigenvalue weighted by Gasteiger charge is -2.29. The summed E-state index contributed by atoms with van der Waals surface area (Å²) in [6.45, 7) is 4.10. The van der Waals surface area contributed by atoms with Crippen molar-refractivity contribution in [1.82, 2.24) is 0 Å². The van der Waals surface area contributed by atoms with Crippen molar-refractivity contribution in [3.8, 4) is 0 Å². The molecule has 4 rings (SSSR count). The van der Waals surface area contributed by atoms with Crippen molar-refractivity contribution < 1.29 is 9.59 Å². The molecule has 0 aliphatic heterocycles. The fourth-order valence-corrected chi connectivity index (χ4v) is 5.29. The largest absolute Gasteiger partial charge is 0.299 e. The van der Waals surface area contributed by atoms with Crippen LogP contribution in [0.2, 0.25) is 0 Å². The molecule has 14 heavy (non-hydrogen) atoms. The van der Waals surface area contributed by atoms with E-state index in [1.807, 2.05) is 6.92 Å². The van der Waals surface area contributed by atoms with Gasteiger partial charge < -0.3 is 0 Å². The van der Waals surface area contributed by atoms with Crippen LogP contribution in [0.5, 0.6) is 0 Å². The molecule has 4 aliphatic rings. The Balaban J connectivity index is 2.02. The summed E-state index contributed by atoms with van der Waals surface area (Å²) in [6, 6.07) is 0. The molecule has 2 heteroatoms. The number of ketones is 2. The van der Waals surface area contributed by atoms with Crippen molar-refractivity contribution in [3.63, 3.8) is 0 Å². The predicted octanol–water partition coefficient (Wildman–Crippen LogP) is 1.44. The number of hydrogen-bond donors (Lipinski definition) is 0. The quantitative estimate of drug-likeness (QED) is 0.542. The van der Waals surface area contributed by atoms with Gasteiger partial charge in [-0.05, 0) is 36.5 Å². The minimum atomic E-state index is -0.558. The summed E-state index contributed by atoms with van der Waals surface area (Å²) < 4.78 is 0. The first-order valence-electron chi connectivity index (χ1n) is 5.59. The second-order valence-corrected chi connectivity index (χ2v) is 6.19. The maximum absolute atomic E-state index is 12.2. The van der Waals surface area contributed by atoms with Gasteiger partial charge in [-0.3, -0.25) is 9.59 Å². The number of carbonyl (C=O) groups is 2. The van der Waals surface area contributed by atoms with Gasteiger partial charge in [0.2, 0.25) is 0 Å². The molecule has 0 spiro atoms. The maximum Gasteiger partial charge on any atom is 0.150 e. The molecule has 0 aromatic rings. The molecule has 4 saturated carbocycles. The SMILES string of the molecule is CC12C(=O)CC3(C)C(C1=O)C1CC1C23. The number of carbonyl (C=O) groups excluding carboxylic acids is 2. The summed E-state index contributed by atoms with van der Waals surface area (Å²) >= 11 is 0. The second kappa shape index (κ2) is 1.62. The third kappa shape index (κ3) is 0.443. The molecule has 0 aromatic heterocycles. The van der Waals surface area contributed by atoms with Crippen LogP contribution >= 0.6 is 0 Å². The number of Topliss-reactive ketones (excluding diaryl/α,β-unsaturated/α-hetero) is 2. The summed E-state index contributed by atoms with van der Waals surface area (Å²) in [5.41, 5.74) is -0.492. The highest BCUT2D eigenvalue weighted by atomic mass is 16.2. The molecule has 2 nitrogen and oxygen atoms in total. The van der Waals surface area contributed by atoms with Gasteiger partial charge in [0, 0.05) is 12.3 Å². The van der Waals surface area contributed by atoms with Crippen LogP contribution in [0, 0.1) is 34.5 Å². The standard InChI is InChI=1S/C12H14O2/c1-11-4-7(13)12(2)9(11)6-3-5(6)8(11)10(12)14/h5-6,8-9H,3-4H2,1-2H3. The van der Waals surface area contributed by atoms with E-state index in [0.717, 1.165) is 5.92 Å². The fraction of sp³-hybridized carbons (Fsp3) is 0.833. The molecule has 4 fully saturated rings. The van der Waals surface area contributed by atoms with Crippen molar-refractivity contribution >= 4 is 11.6 Å². The molecular weight excluding hydrogens is 176 g/mol. The van der Waals surface area contributed by atoms with Crippen molar-refractivity contribution in [2.45, 2.75) is 26.7 Å². The van der Waals surface area contributed by atoms with Crippen molar-refractivity contribution in [1.29, 1.82) is 0 Å². The van der Waals surface area contributed by atoms with Gasteiger partial charge in [-0.15, -0.1) is 0 Å². The van der Waals surface area contributed by atoms with E-state index in [1.165, 1.54) is 6.42 Å². The first kappa shape index (κ1) is 7.61. The van der Waals surface area contributed by atoms with E-state index in [9.17, 15) is 9.59 Å². The average molecular weight is 190 g/mol. The minimum Gasteiger partial charge on any atom is -0.299 e. The van der Waals surface area contributed by atoms with Crippen LogP contribution in [0.4, 0.5) is 0 Å². The van der Waals surface area contributed by atoms with Crippen LogP contribution in [-0.2, 0) is 9.59 Å². The molecule has 6 atom stereocenters. The van der Waals surface area contributed by atoms with E-state index in [2.05, 4.69) is 6.92 Å². The Morgan fingerprint density at radius 1 is 1.21 bits per heavy atom. The summed E-state index contributed by atoms with van der Waals surface area (Å²) in [5.74, 6) is 2.57. The minimum absolute atomic E-state index is 0.0660. The van der Waals surface area contributed by atoms with E-state index in [4.69, 9.17) is 0 Å². The van der Waals surface area contributed by atoms with Crippen LogP contribution in [0.15, 0.2) is 0 Å². The molecule has 4 bridgehead atoms. The molecule has 0 amide bonds. The average Bonchev–Trinajstić information content (AvgIpc) is 2.70. The molecule has 0 N–H and O–H groups in total. The Labute approximate surface area is 83.1 Å². The highest BCUT2D eigenvalue weighted by Gasteiger charge is 2.84. The third-order valence-corrected chi connectivity index (χ3v) is 5.71. The Hall–Kier alpha value is -0.660. The van der Waals surface area contributed by atoms with Crippen molar-refractivity contribution in [2.24, 2.45) is 34.5 Å². The van der Waals surface area contributed by atoms with Gasteiger partial charge in [0.1, 0.15) is 11.6 Å². The molecule has 0 heterocycles. The van der Waals surface area contributed by atoms with Gasteiger partial charge in [-0.25, -0.2) is 0 Å². The molecule has 6 unspecified atom stereocenters. The zero-order chi connectivity index (χ0) is 9.88. The first-order chi connectivity index (χ1) is 6.51. The highest BCUT2D eigenvalue weighted by molar-refractivity contribution is 6.15. The summed E-state index contributed by atoms with van der Waals surface area (Å²) in [7, 11) is 0. The highest BCUT2D eigenvalue weighted by Crippen LogP contribution is 2.81.